The van der Waals surface area contributed by atoms with Crippen molar-refractivity contribution in [3.8, 4) is 22.4 Å². The molecule has 10 heteroatoms. The van der Waals surface area contributed by atoms with Gasteiger partial charge in [0.25, 0.3) is 0 Å². The van der Waals surface area contributed by atoms with Crippen molar-refractivity contribution in [2.45, 2.75) is 10.6 Å². The highest BCUT2D eigenvalue weighted by atomic mass is 32.2. The summed E-state index contributed by atoms with van der Waals surface area (Å²) in [5, 5.41) is 6.02. The Labute approximate surface area is 196 Å². The Balaban J connectivity index is 1.69. The molecule has 0 unspecified atom stereocenters. The predicted octanol–water partition coefficient (Wildman–Crippen LogP) is 4.03. The van der Waals surface area contributed by atoms with Crippen LogP contribution in [0.3, 0.4) is 0 Å². The molecule has 2 N–H and O–H groups in total. The molecule has 0 saturated carbocycles. The van der Waals surface area contributed by atoms with Gasteiger partial charge in [0, 0.05) is 67.0 Å². The molecule has 33 heavy (non-hydrogen) atoms. The molecule has 0 saturated heterocycles. The summed E-state index contributed by atoms with van der Waals surface area (Å²) < 4.78 is 20.5. The molecule has 0 aliphatic carbocycles. The van der Waals surface area contributed by atoms with Crippen LogP contribution < -0.4 is 5.73 Å². The van der Waals surface area contributed by atoms with Crippen molar-refractivity contribution in [1.82, 2.24) is 24.7 Å². The van der Waals surface area contributed by atoms with E-state index >= 15 is 0 Å². The fourth-order valence-electron chi connectivity index (χ4n) is 3.78. The molecule has 8 nitrogen and oxygen atoms in total. The number of nitrogens with two attached hydrogens (primary N) is 1. The monoisotopic (exact) mass is 478 g/mol. The van der Waals surface area contributed by atoms with Gasteiger partial charge in [-0.15, -0.1) is 11.3 Å². The highest BCUT2D eigenvalue weighted by Gasteiger charge is 2.21. The van der Waals surface area contributed by atoms with E-state index in [1.54, 1.807) is 36.6 Å². The number of hydrogen-bond acceptors (Lipinski definition) is 8. The van der Waals surface area contributed by atoms with E-state index in [0.29, 0.717) is 28.7 Å². The van der Waals surface area contributed by atoms with Gasteiger partial charge in [0.2, 0.25) is 0 Å². The molecule has 0 bridgehead atoms. The van der Waals surface area contributed by atoms with Gasteiger partial charge in [-0.3, -0.25) is 13.9 Å². The predicted molar refractivity (Wildman–Crippen MR) is 133 cm³/mol. The third-order valence-corrected chi connectivity index (χ3v) is 8.38. The van der Waals surface area contributed by atoms with Crippen molar-refractivity contribution in [3.63, 3.8) is 0 Å². The zero-order chi connectivity index (χ0) is 22.9. The second kappa shape index (κ2) is 8.97. The maximum atomic E-state index is 13.0. The summed E-state index contributed by atoms with van der Waals surface area (Å²) in [4.78, 5) is 14.5. The lowest BCUT2D eigenvalue weighted by Crippen LogP contribution is -2.02. The Hall–Kier alpha value is -3.21. The molecule has 5 heterocycles. The van der Waals surface area contributed by atoms with E-state index in [2.05, 4.69) is 15.1 Å². The number of thiophene rings is 1. The summed E-state index contributed by atoms with van der Waals surface area (Å²) >= 11 is 1.38. The number of nitrogen functional groups attached to an aromatic ring is 1. The Morgan fingerprint density at radius 1 is 1.21 bits per heavy atom. The summed E-state index contributed by atoms with van der Waals surface area (Å²) in [7, 11) is 2.28. The van der Waals surface area contributed by atoms with Crippen LogP contribution in [0.5, 0.6) is 0 Å². The van der Waals surface area contributed by atoms with E-state index in [0.717, 1.165) is 43.6 Å². The van der Waals surface area contributed by atoms with Crippen LogP contribution in [-0.2, 0) is 22.6 Å². The second-order valence-electron chi connectivity index (χ2n) is 7.58. The molecule has 0 amide bonds. The number of pyridine rings is 3. The second-order valence-corrected chi connectivity index (χ2v) is 10.3. The SMILES string of the molecule is COCCC[S@@](=O)c1sc2nc(-c3cnc4c(cnn4C)c3)cc(-c3cccnc3)c2c1N. The quantitative estimate of drug-likeness (QED) is 0.352. The summed E-state index contributed by atoms with van der Waals surface area (Å²) in [6, 6.07) is 7.90. The largest absolute Gasteiger partial charge is 0.396 e. The Morgan fingerprint density at radius 3 is 2.88 bits per heavy atom. The van der Waals surface area contributed by atoms with Crippen LogP contribution in [0.1, 0.15) is 6.42 Å². The first-order valence-corrected chi connectivity index (χ1v) is 12.5. The summed E-state index contributed by atoms with van der Waals surface area (Å²) in [6.07, 6.45) is 7.81. The molecule has 5 aromatic heterocycles. The van der Waals surface area contributed by atoms with Crippen molar-refractivity contribution in [2.75, 3.05) is 25.2 Å². The lowest BCUT2D eigenvalue weighted by molar-refractivity contribution is 0.200. The number of nitrogens with zero attached hydrogens (tertiary/aromatic N) is 5. The van der Waals surface area contributed by atoms with Crippen LogP contribution in [-0.4, -0.2) is 48.4 Å². The first kappa shape index (κ1) is 21.6. The van der Waals surface area contributed by atoms with Gasteiger partial charge in [-0.25, -0.2) is 9.97 Å². The molecule has 0 fully saturated rings. The van der Waals surface area contributed by atoms with Gasteiger partial charge in [-0.05, 0) is 30.2 Å². The molecular formula is C23H22N6O2S2. The lowest BCUT2D eigenvalue weighted by atomic mass is 10.0. The fourth-order valence-corrected chi connectivity index (χ4v) is 6.40. The van der Waals surface area contributed by atoms with Crippen molar-refractivity contribution < 1.29 is 8.95 Å². The van der Waals surface area contributed by atoms with Crippen molar-refractivity contribution >= 4 is 49.1 Å². The minimum atomic E-state index is -1.23. The van der Waals surface area contributed by atoms with Crippen LogP contribution in [0, 0.1) is 0 Å². The minimum absolute atomic E-state index is 0.488. The molecular weight excluding hydrogens is 456 g/mol. The number of ether oxygens (including phenoxy) is 1. The van der Waals surface area contributed by atoms with E-state index in [9.17, 15) is 4.21 Å². The maximum absolute atomic E-state index is 13.0. The number of fused-ring (bicyclic) bond motifs is 2. The van der Waals surface area contributed by atoms with Crippen LogP contribution in [0.2, 0.25) is 0 Å². The third-order valence-electron chi connectivity index (χ3n) is 5.39. The van der Waals surface area contributed by atoms with Gasteiger partial charge in [0.15, 0.2) is 5.65 Å². The average molecular weight is 479 g/mol. The minimum Gasteiger partial charge on any atom is -0.396 e. The van der Waals surface area contributed by atoms with Crippen LogP contribution in [0.4, 0.5) is 5.69 Å². The highest BCUT2D eigenvalue weighted by Crippen LogP contribution is 2.42. The normalized spacial score (nSPS) is 12.5. The molecule has 0 radical (unpaired) electrons. The smallest absolute Gasteiger partial charge is 0.157 e. The van der Waals surface area contributed by atoms with Crippen LogP contribution in [0.25, 0.3) is 43.6 Å². The zero-order valence-electron chi connectivity index (χ0n) is 18.2. The lowest BCUT2D eigenvalue weighted by Gasteiger charge is -2.08. The average Bonchev–Trinajstić information content (AvgIpc) is 3.38. The van der Waals surface area contributed by atoms with E-state index < -0.39 is 10.8 Å². The molecule has 0 spiro atoms. The van der Waals surface area contributed by atoms with Gasteiger partial charge in [-0.2, -0.15) is 5.10 Å². The molecule has 1 atom stereocenters. The van der Waals surface area contributed by atoms with Gasteiger partial charge in [-0.1, -0.05) is 6.07 Å². The first-order chi connectivity index (χ1) is 16.1. The Bertz CT molecular complexity index is 1480. The van der Waals surface area contributed by atoms with Crippen LogP contribution >= 0.6 is 11.3 Å². The van der Waals surface area contributed by atoms with Gasteiger partial charge in [0.1, 0.15) is 9.04 Å². The van der Waals surface area contributed by atoms with Crippen molar-refractivity contribution in [3.05, 3.63) is 49.1 Å². The van der Waals surface area contributed by atoms with E-state index in [-0.39, 0.29) is 0 Å². The maximum Gasteiger partial charge on any atom is 0.157 e. The topological polar surface area (TPSA) is 109 Å². The first-order valence-electron chi connectivity index (χ1n) is 10.4. The summed E-state index contributed by atoms with van der Waals surface area (Å²) in [5.74, 6) is 0.488. The molecule has 0 aliphatic heterocycles. The molecule has 168 valence electrons. The summed E-state index contributed by atoms with van der Waals surface area (Å²) in [5.41, 5.74) is 11.3. The molecule has 0 aromatic carbocycles. The summed E-state index contributed by atoms with van der Waals surface area (Å²) in [6.45, 7) is 0.559. The molecule has 5 aromatic rings. The van der Waals surface area contributed by atoms with Gasteiger partial charge in [0.05, 0.1) is 28.4 Å². The number of aryl methyl sites for hydroxylation is 1. The van der Waals surface area contributed by atoms with E-state index in [1.165, 1.54) is 11.3 Å². The van der Waals surface area contributed by atoms with Gasteiger partial charge < -0.3 is 10.5 Å². The number of anilines is 1. The highest BCUT2D eigenvalue weighted by molar-refractivity contribution is 7.87. The third kappa shape index (κ3) is 4.01. The van der Waals surface area contributed by atoms with E-state index in [4.69, 9.17) is 15.5 Å². The number of methoxy groups -OCH3 is 1. The Morgan fingerprint density at radius 2 is 2.09 bits per heavy atom. The van der Waals surface area contributed by atoms with Gasteiger partial charge >= 0.3 is 0 Å². The van der Waals surface area contributed by atoms with Crippen LogP contribution in [0.15, 0.2) is 53.3 Å². The number of rotatable bonds is 7. The number of hydrogen-bond donors (Lipinski definition) is 1. The molecule has 0 aliphatic rings. The number of aromatic nitrogens is 5. The Kier molecular flexibility index (Phi) is 5.88. The molecule has 5 rings (SSSR count). The zero-order valence-corrected chi connectivity index (χ0v) is 19.8. The fraction of sp³-hybridized carbons (Fsp3) is 0.217. The van der Waals surface area contributed by atoms with Crippen molar-refractivity contribution in [2.24, 2.45) is 7.05 Å². The standard InChI is InChI=1S/C23H22N6O2S2/c1-29-21-16(13-27-29)9-15(12-26-21)18-10-17(14-5-3-6-25-11-14)19-20(24)23(32-22(19)28-18)33(30)8-4-7-31-2/h3,5-6,9-13H,4,7-8,24H2,1-2H3/t33-/m1/s1. The van der Waals surface area contributed by atoms with Crippen molar-refractivity contribution in [1.29, 1.82) is 0 Å². The van der Waals surface area contributed by atoms with E-state index in [1.807, 2.05) is 31.3 Å².